The molecule has 3 nitrogen and oxygen atoms in total. The number of para-hydroxylation sites is 1. The molecule has 1 fully saturated rings. The van der Waals surface area contributed by atoms with Crippen LogP contribution < -0.4 is 5.43 Å². The van der Waals surface area contributed by atoms with Crippen molar-refractivity contribution >= 4 is 61.9 Å². The number of halogens is 1. The van der Waals surface area contributed by atoms with Crippen LogP contribution in [0, 0.1) is 0 Å². The predicted molar refractivity (Wildman–Crippen MR) is 99.2 cm³/mol. The summed E-state index contributed by atoms with van der Waals surface area (Å²) in [4.78, 5) is 13.1. The molecule has 0 aromatic heterocycles. The van der Waals surface area contributed by atoms with Gasteiger partial charge >= 0.3 is 0 Å². The Labute approximate surface area is 146 Å². The van der Waals surface area contributed by atoms with Crippen molar-refractivity contribution in [3.05, 3.63) is 69.5 Å². The van der Waals surface area contributed by atoms with Crippen LogP contribution in [0.4, 0.5) is 5.69 Å². The van der Waals surface area contributed by atoms with Crippen LogP contribution in [-0.2, 0) is 4.79 Å². The van der Waals surface area contributed by atoms with Crippen LogP contribution in [0.3, 0.4) is 0 Å². The van der Waals surface area contributed by atoms with E-state index in [0.717, 1.165) is 15.7 Å². The van der Waals surface area contributed by atoms with E-state index in [1.807, 2.05) is 60.7 Å². The number of nitrogens with zero attached hydrogens (tertiary/aromatic N) is 1. The Morgan fingerprint density at radius 1 is 1.14 bits per heavy atom. The third-order valence-electron chi connectivity index (χ3n) is 2.95. The van der Waals surface area contributed by atoms with Gasteiger partial charge in [-0.05, 0) is 48.1 Å². The van der Waals surface area contributed by atoms with E-state index >= 15 is 0 Å². The van der Waals surface area contributed by atoms with E-state index in [0.29, 0.717) is 9.23 Å². The standard InChI is InChI=1S/C16H11BrN2OS2/c17-12-6-4-5-11(9-12)10-14-15(20)19(16(21)22-14)18-13-7-2-1-3-8-13/h1-10,18H. The number of hydrogen-bond acceptors (Lipinski definition) is 4. The van der Waals surface area contributed by atoms with Crippen LogP contribution in [0.1, 0.15) is 5.56 Å². The Balaban J connectivity index is 1.82. The van der Waals surface area contributed by atoms with Gasteiger partial charge in [-0.1, -0.05) is 58.0 Å². The minimum Gasteiger partial charge on any atom is -0.290 e. The molecule has 1 heterocycles. The third kappa shape index (κ3) is 3.40. The number of thiocarbonyl (C=S) groups is 1. The summed E-state index contributed by atoms with van der Waals surface area (Å²) >= 11 is 10.0. The molecular formula is C16H11BrN2OS2. The molecule has 1 saturated heterocycles. The first-order valence-corrected chi connectivity index (χ1v) is 8.50. The lowest BCUT2D eigenvalue weighted by molar-refractivity contribution is -0.121. The summed E-state index contributed by atoms with van der Waals surface area (Å²) in [5, 5.41) is 1.40. The highest BCUT2D eigenvalue weighted by atomic mass is 79.9. The summed E-state index contributed by atoms with van der Waals surface area (Å²) in [5.41, 5.74) is 4.81. The normalized spacial score (nSPS) is 16.4. The van der Waals surface area contributed by atoms with E-state index < -0.39 is 0 Å². The molecule has 1 N–H and O–H groups in total. The molecule has 2 aromatic rings. The van der Waals surface area contributed by atoms with Gasteiger partial charge in [0.15, 0.2) is 4.32 Å². The second kappa shape index (κ2) is 6.64. The molecule has 3 rings (SSSR count). The van der Waals surface area contributed by atoms with Crippen molar-refractivity contribution in [2.75, 3.05) is 5.43 Å². The van der Waals surface area contributed by atoms with Gasteiger partial charge in [0.25, 0.3) is 5.91 Å². The summed E-state index contributed by atoms with van der Waals surface area (Å²) in [6, 6.07) is 17.3. The molecule has 110 valence electrons. The molecule has 1 amide bonds. The van der Waals surface area contributed by atoms with Crippen LogP contribution in [-0.4, -0.2) is 15.2 Å². The van der Waals surface area contributed by atoms with Gasteiger partial charge in [0, 0.05) is 4.47 Å². The zero-order valence-corrected chi connectivity index (χ0v) is 14.5. The van der Waals surface area contributed by atoms with Crippen LogP contribution in [0.2, 0.25) is 0 Å². The molecule has 1 aliphatic rings. The Kier molecular flexibility index (Phi) is 4.61. The van der Waals surface area contributed by atoms with Crippen molar-refractivity contribution in [1.29, 1.82) is 0 Å². The fraction of sp³-hybridized carbons (Fsp3) is 0. The van der Waals surface area contributed by atoms with E-state index in [9.17, 15) is 4.79 Å². The van der Waals surface area contributed by atoms with E-state index in [2.05, 4.69) is 21.4 Å². The van der Waals surface area contributed by atoms with E-state index in [1.54, 1.807) is 0 Å². The number of carbonyl (C=O) groups excluding carboxylic acids is 1. The maximum absolute atomic E-state index is 12.5. The van der Waals surface area contributed by atoms with Crippen LogP contribution >= 0.6 is 39.9 Å². The molecule has 22 heavy (non-hydrogen) atoms. The Hall–Kier alpha value is -1.63. The Bertz CT molecular complexity index is 762. The van der Waals surface area contributed by atoms with Gasteiger partial charge in [0.1, 0.15) is 0 Å². The van der Waals surface area contributed by atoms with Gasteiger partial charge in [0.05, 0.1) is 10.6 Å². The fourth-order valence-corrected chi connectivity index (χ4v) is 3.55. The highest BCUT2D eigenvalue weighted by Gasteiger charge is 2.32. The minimum absolute atomic E-state index is 0.140. The van der Waals surface area contributed by atoms with Gasteiger partial charge < -0.3 is 0 Å². The summed E-state index contributed by atoms with van der Waals surface area (Å²) in [6.07, 6.45) is 1.84. The Morgan fingerprint density at radius 2 is 1.91 bits per heavy atom. The lowest BCUT2D eigenvalue weighted by atomic mass is 10.2. The fourth-order valence-electron chi connectivity index (χ4n) is 1.95. The smallest absolute Gasteiger partial charge is 0.285 e. The SMILES string of the molecule is O=C1C(=Cc2cccc(Br)c2)SC(=S)N1Nc1ccccc1. The average Bonchev–Trinajstić information content (AvgIpc) is 2.76. The summed E-state index contributed by atoms with van der Waals surface area (Å²) in [5.74, 6) is -0.140. The van der Waals surface area contributed by atoms with E-state index in [-0.39, 0.29) is 5.91 Å². The van der Waals surface area contributed by atoms with Crippen molar-refractivity contribution in [3.8, 4) is 0 Å². The number of hydrazine groups is 1. The molecule has 0 aliphatic carbocycles. The van der Waals surface area contributed by atoms with Gasteiger partial charge in [-0.2, -0.15) is 0 Å². The number of benzene rings is 2. The van der Waals surface area contributed by atoms with Crippen molar-refractivity contribution in [2.24, 2.45) is 0 Å². The average molecular weight is 391 g/mol. The number of hydrogen-bond donors (Lipinski definition) is 1. The first-order chi connectivity index (χ1) is 10.6. The highest BCUT2D eigenvalue weighted by Crippen LogP contribution is 2.33. The number of thioether (sulfide) groups is 1. The second-order valence-corrected chi connectivity index (χ2v) is 7.14. The maximum atomic E-state index is 12.5. The van der Waals surface area contributed by atoms with E-state index in [4.69, 9.17) is 12.2 Å². The highest BCUT2D eigenvalue weighted by molar-refractivity contribution is 9.10. The maximum Gasteiger partial charge on any atom is 0.285 e. The molecule has 6 heteroatoms. The molecule has 0 spiro atoms. The third-order valence-corrected chi connectivity index (χ3v) is 4.75. The summed E-state index contributed by atoms with van der Waals surface area (Å²) in [6.45, 7) is 0. The van der Waals surface area contributed by atoms with Crippen molar-refractivity contribution < 1.29 is 4.79 Å². The van der Waals surface area contributed by atoms with Crippen molar-refractivity contribution in [1.82, 2.24) is 5.01 Å². The second-order valence-electron chi connectivity index (χ2n) is 4.55. The number of nitrogens with one attached hydrogen (secondary N) is 1. The monoisotopic (exact) mass is 390 g/mol. The largest absolute Gasteiger partial charge is 0.290 e. The Morgan fingerprint density at radius 3 is 2.64 bits per heavy atom. The van der Waals surface area contributed by atoms with Gasteiger partial charge in [-0.25, -0.2) is 5.01 Å². The van der Waals surface area contributed by atoms with Gasteiger partial charge in [-0.3, -0.25) is 10.2 Å². The number of anilines is 1. The molecule has 2 aromatic carbocycles. The van der Waals surface area contributed by atoms with Crippen molar-refractivity contribution in [2.45, 2.75) is 0 Å². The molecule has 0 bridgehead atoms. The molecule has 0 unspecified atom stereocenters. The van der Waals surface area contributed by atoms with Crippen LogP contribution in [0.5, 0.6) is 0 Å². The van der Waals surface area contributed by atoms with Crippen LogP contribution in [0.15, 0.2) is 64.0 Å². The lowest BCUT2D eigenvalue weighted by Gasteiger charge is -2.16. The molecule has 0 saturated carbocycles. The topological polar surface area (TPSA) is 32.3 Å². The number of amides is 1. The van der Waals surface area contributed by atoms with Gasteiger partial charge in [-0.15, -0.1) is 0 Å². The number of rotatable bonds is 3. The number of carbonyl (C=O) groups is 1. The quantitative estimate of drug-likeness (QED) is 0.609. The van der Waals surface area contributed by atoms with Crippen LogP contribution in [0.25, 0.3) is 6.08 Å². The summed E-state index contributed by atoms with van der Waals surface area (Å²) < 4.78 is 1.47. The van der Waals surface area contributed by atoms with E-state index in [1.165, 1.54) is 16.8 Å². The van der Waals surface area contributed by atoms with Crippen molar-refractivity contribution in [3.63, 3.8) is 0 Å². The zero-order valence-electron chi connectivity index (χ0n) is 11.3. The molecule has 0 atom stereocenters. The zero-order chi connectivity index (χ0) is 15.5. The first kappa shape index (κ1) is 15.3. The minimum atomic E-state index is -0.140. The molecule has 0 radical (unpaired) electrons. The summed E-state index contributed by atoms with van der Waals surface area (Å²) in [7, 11) is 0. The molecular weight excluding hydrogens is 380 g/mol. The van der Waals surface area contributed by atoms with Gasteiger partial charge in [0.2, 0.25) is 0 Å². The predicted octanol–water partition coefficient (Wildman–Crippen LogP) is 4.68. The lowest BCUT2D eigenvalue weighted by Crippen LogP contribution is -2.33. The first-order valence-electron chi connectivity index (χ1n) is 6.49. The molecule has 1 aliphatic heterocycles.